The number of benzene rings is 4. The van der Waals surface area contributed by atoms with E-state index in [4.69, 9.17) is 0 Å². The molecule has 1 heterocycles. The van der Waals surface area contributed by atoms with E-state index >= 15 is 0 Å². The van der Waals surface area contributed by atoms with Crippen molar-refractivity contribution in [1.82, 2.24) is 4.90 Å². The minimum atomic E-state index is -1.20. The van der Waals surface area contributed by atoms with Gasteiger partial charge < -0.3 is 10.2 Å². The van der Waals surface area contributed by atoms with E-state index in [-0.39, 0.29) is 6.04 Å². The van der Waals surface area contributed by atoms with E-state index in [0.29, 0.717) is 6.54 Å². The van der Waals surface area contributed by atoms with Gasteiger partial charge in [-0.1, -0.05) is 121 Å². The lowest BCUT2D eigenvalue weighted by Crippen LogP contribution is -2.52. The molecule has 1 atom stereocenters. The third-order valence-electron chi connectivity index (χ3n) is 7.21. The van der Waals surface area contributed by atoms with Crippen LogP contribution in [0.5, 0.6) is 0 Å². The molecule has 2 N–H and O–H groups in total. The van der Waals surface area contributed by atoms with Crippen molar-refractivity contribution < 1.29 is 10.2 Å². The highest BCUT2D eigenvalue weighted by Gasteiger charge is 2.47. The van der Waals surface area contributed by atoms with Gasteiger partial charge in [0, 0.05) is 12.6 Å². The van der Waals surface area contributed by atoms with Crippen LogP contribution in [0.3, 0.4) is 0 Å². The SMILES string of the molecule is OC(CN1CCC[C@H]1C(O)(c1ccccc1)c1ccccc1)(c1ccccc1)c1ccccc1. The number of nitrogens with zero attached hydrogens (tertiary/aromatic N) is 1. The van der Waals surface area contributed by atoms with Crippen LogP contribution >= 0.6 is 0 Å². The van der Waals surface area contributed by atoms with E-state index in [1.165, 1.54) is 0 Å². The fraction of sp³-hybridized carbons (Fsp3) is 0.226. The largest absolute Gasteiger partial charge is 0.379 e. The van der Waals surface area contributed by atoms with Gasteiger partial charge in [-0.25, -0.2) is 0 Å². The summed E-state index contributed by atoms with van der Waals surface area (Å²) in [4.78, 5) is 2.28. The summed E-state index contributed by atoms with van der Waals surface area (Å²) in [6, 6.07) is 39.5. The van der Waals surface area contributed by atoms with Gasteiger partial charge in [-0.15, -0.1) is 0 Å². The van der Waals surface area contributed by atoms with Gasteiger partial charge in [-0.3, -0.25) is 4.90 Å². The zero-order valence-electron chi connectivity index (χ0n) is 19.3. The summed E-state index contributed by atoms with van der Waals surface area (Å²) in [5.74, 6) is 0. The first-order valence-electron chi connectivity index (χ1n) is 12.0. The number of hydrogen-bond donors (Lipinski definition) is 2. The number of aliphatic hydroxyl groups is 2. The van der Waals surface area contributed by atoms with Crippen molar-refractivity contribution in [3.05, 3.63) is 144 Å². The number of rotatable bonds is 7. The van der Waals surface area contributed by atoms with Gasteiger partial charge in [0.1, 0.15) is 11.2 Å². The number of β-amino-alcohol motifs (C(OH)–C–C–N with tert-alkyl or cyclic N) is 1. The molecular weight excluding hydrogens is 418 g/mol. The van der Waals surface area contributed by atoms with Gasteiger partial charge in [0.05, 0.1) is 0 Å². The molecule has 34 heavy (non-hydrogen) atoms. The van der Waals surface area contributed by atoms with Crippen molar-refractivity contribution >= 4 is 0 Å². The molecule has 4 aromatic carbocycles. The molecule has 0 saturated carbocycles. The van der Waals surface area contributed by atoms with Crippen molar-refractivity contribution in [3.63, 3.8) is 0 Å². The predicted molar refractivity (Wildman–Crippen MR) is 136 cm³/mol. The summed E-state index contributed by atoms with van der Waals surface area (Å²) in [6.07, 6.45) is 1.81. The fourth-order valence-electron chi connectivity index (χ4n) is 5.50. The average Bonchev–Trinajstić information content (AvgIpc) is 3.38. The molecule has 3 heteroatoms. The van der Waals surface area contributed by atoms with Gasteiger partial charge in [-0.05, 0) is 41.6 Å². The topological polar surface area (TPSA) is 43.7 Å². The number of hydrogen-bond acceptors (Lipinski definition) is 3. The molecule has 4 aromatic rings. The summed E-state index contributed by atoms with van der Waals surface area (Å²) in [5.41, 5.74) is 1.08. The maximum absolute atomic E-state index is 12.4. The maximum Gasteiger partial charge on any atom is 0.130 e. The van der Waals surface area contributed by atoms with Crippen molar-refractivity contribution in [3.8, 4) is 0 Å². The molecule has 0 aromatic heterocycles. The lowest BCUT2D eigenvalue weighted by molar-refractivity contribution is -0.0358. The van der Waals surface area contributed by atoms with Crippen molar-refractivity contribution in [2.45, 2.75) is 30.1 Å². The first-order valence-corrected chi connectivity index (χ1v) is 12.0. The van der Waals surface area contributed by atoms with E-state index in [1.807, 2.05) is 121 Å². The van der Waals surface area contributed by atoms with Crippen LogP contribution in [0.25, 0.3) is 0 Å². The molecule has 5 rings (SSSR count). The minimum Gasteiger partial charge on any atom is -0.379 e. The quantitative estimate of drug-likeness (QED) is 0.401. The van der Waals surface area contributed by atoms with E-state index in [9.17, 15) is 10.2 Å². The highest BCUT2D eigenvalue weighted by Crippen LogP contribution is 2.42. The summed E-state index contributed by atoms with van der Waals surface area (Å²) in [7, 11) is 0. The van der Waals surface area contributed by atoms with Crippen molar-refractivity contribution in [1.29, 1.82) is 0 Å². The normalized spacial score (nSPS) is 17.1. The van der Waals surface area contributed by atoms with Gasteiger partial charge in [0.2, 0.25) is 0 Å². The van der Waals surface area contributed by atoms with Gasteiger partial charge in [-0.2, -0.15) is 0 Å². The van der Waals surface area contributed by atoms with Crippen LogP contribution in [0.4, 0.5) is 0 Å². The molecule has 0 aliphatic carbocycles. The first kappa shape index (κ1) is 22.5. The van der Waals surface area contributed by atoms with Crippen LogP contribution < -0.4 is 0 Å². The van der Waals surface area contributed by atoms with Crippen LogP contribution in [-0.2, 0) is 11.2 Å². The van der Waals surface area contributed by atoms with Crippen LogP contribution in [-0.4, -0.2) is 34.2 Å². The predicted octanol–water partition coefficient (Wildman–Crippen LogP) is 5.32. The Bertz CT molecular complexity index is 1100. The lowest BCUT2D eigenvalue weighted by Gasteiger charge is -2.43. The summed E-state index contributed by atoms with van der Waals surface area (Å²) in [6.45, 7) is 1.21. The summed E-state index contributed by atoms with van der Waals surface area (Å²) in [5, 5.41) is 24.7. The second-order valence-electron chi connectivity index (χ2n) is 9.22. The monoisotopic (exact) mass is 449 g/mol. The summed E-state index contributed by atoms with van der Waals surface area (Å²) < 4.78 is 0. The maximum atomic E-state index is 12.4. The lowest BCUT2D eigenvalue weighted by atomic mass is 9.78. The Labute approximate surface area is 201 Å². The van der Waals surface area contributed by atoms with E-state index in [0.717, 1.165) is 41.6 Å². The Balaban J connectivity index is 1.58. The third kappa shape index (κ3) is 4.07. The molecule has 1 aliphatic rings. The Morgan fingerprint density at radius 2 is 0.971 bits per heavy atom. The Morgan fingerprint density at radius 1 is 0.588 bits per heavy atom. The molecule has 0 amide bonds. The highest BCUT2D eigenvalue weighted by atomic mass is 16.3. The molecule has 1 aliphatic heterocycles. The Morgan fingerprint density at radius 3 is 1.38 bits per heavy atom. The zero-order chi connectivity index (χ0) is 23.4. The smallest absolute Gasteiger partial charge is 0.130 e. The molecule has 0 bridgehead atoms. The summed E-state index contributed by atoms with van der Waals surface area (Å²) >= 11 is 0. The van der Waals surface area contributed by atoms with Gasteiger partial charge in [0.15, 0.2) is 0 Å². The second-order valence-corrected chi connectivity index (χ2v) is 9.22. The van der Waals surface area contributed by atoms with E-state index < -0.39 is 11.2 Å². The molecular formula is C31H31NO2. The van der Waals surface area contributed by atoms with Gasteiger partial charge >= 0.3 is 0 Å². The average molecular weight is 450 g/mol. The van der Waals surface area contributed by atoms with Crippen LogP contribution in [0.15, 0.2) is 121 Å². The Kier molecular flexibility index (Phi) is 6.34. The molecule has 1 saturated heterocycles. The second kappa shape index (κ2) is 9.55. The fourth-order valence-corrected chi connectivity index (χ4v) is 5.50. The van der Waals surface area contributed by atoms with Crippen molar-refractivity contribution in [2.24, 2.45) is 0 Å². The van der Waals surface area contributed by atoms with Crippen LogP contribution in [0.1, 0.15) is 35.1 Å². The standard InChI is InChI=1S/C31H31NO2/c33-30(25-14-5-1-6-15-25,26-16-7-2-8-17-26)24-32-23-13-22-29(32)31(34,27-18-9-3-10-19-27)28-20-11-4-12-21-28/h1-12,14-21,29,33-34H,13,22-24H2/t29-/m0/s1. The molecule has 3 nitrogen and oxygen atoms in total. The van der Waals surface area contributed by atoms with Crippen LogP contribution in [0, 0.1) is 0 Å². The number of likely N-dealkylation sites (tertiary alicyclic amines) is 1. The van der Waals surface area contributed by atoms with E-state index in [2.05, 4.69) is 4.90 Å². The molecule has 172 valence electrons. The zero-order valence-corrected chi connectivity index (χ0v) is 19.3. The van der Waals surface area contributed by atoms with Gasteiger partial charge in [0.25, 0.3) is 0 Å². The first-order chi connectivity index (χ1) is 16.6. The van der Waals surface area contributed by atoms with Crippen molar-refractivity contribution in [2.75, 3.05) is 13.1 Å². The third-order valence-corrected chi connectivity index (χ3v) is 7.21. The van der Waals surface area contributed by atoms with E-state index in [1.54, 1.807) is 0 Å². The molecule has 0 unspecified atom stereocenters. The molecule has 0 radical (unpaired) electrons. The molecule has 0 spiro atoms. The van der Waals surface area contributed by atoms with Crippen LogP contribution in [0.2, 0.25) is 0 Å². The molecule has 1 fully saturated rings. The highest BCUT2D eigenvalue weighted by molar-refractivity contribution is 5.40. The minimum absolute atomic E-state index is 0.170. The Hall–Kier alpha value is -3.24.